The molecular formula is C18H20N2O3. The van der Waals surface area contributed by atoms with Crippen LogP contribution in [0.1, 0.15) is 34.7 Å². The van der Waals surface area contributed by atoms with Crippen LogP contribution in [0.5, 0.6) is 5.75 Å². The molecule has 5 heteroatoms. The SMILES string of the molecule is Cc1cc(OC2CCCOC2)cc(C(=O)Cc2ccccn2)n1. The van der Waals surface area contributed by atoms with E-state index >= 15 is 0 Å². The van der Waals surface area contributed by atoms with E-state index in [1.54, 1.807) is 12.3 Å². The third-order valence-electron chi connectivity index (χ3n) is 3.70. The van der Waals surface area contributed by atoms with E-state index in [-0.39, 0.29) is 18.3 Å². The van der Waals surface area contributed by atoms with Gasteiger partial charge in [0.2, 0.25) is 0 Å². The van der Waals surface area contributed by atoms with Crippen molar-refractivity contribution < 1.29 is 14.3 Å². The molecule has 1 aliphatic rings. The Kier molecular flexibility index (Phi) is 4.98. The second kappa shape index (κ2) is 7.33. The summed E-state index contributed by atoms with van der Waals surface area (Å²) >= 11 is 0. The van der Waals surface area contributed by atoms with Crippen LogP contribution in [0.4, 0.5) is 0 Å². The van der Waals surface area contributed by atoms with Gasteiger partial charge in [0.1, 0.15) is 17.5 Å². The van der Waals surface area contributed by atoms with Crippen molar-refractivity contribution in [2.75, 3.05) is 13.2 Å². The number of pyridine rings is 2. The van der Waals surface area contributed by atoms with Gasteiger partial charge in [-0.05, 0) is 31.9 Å². The van der Waals surface area contributed by atoms with Crippen molar-refractivity contribution in [3.05, 3.63) is 53.6 Å². The van der Waals surface area contributed by atoms with Crippen LogP contribution in [0.3, 0.4) is 0 Å². The number of carbonyl (C=O) groups is 1. The normalized spacial score (nSPS) is 17.7. The largest absolute Gasteiger partial charge is 0.488 e. The van der Waals surface area contributed by atoms with Gasteiger partial charge in [-0.3, -0.25) is 9.78 Å². The first-order valence-electron chi connectivity index (χ1n) is 7.87. The summed E-state index contributed by atoms with van der Waals surface area (Å²) in [6, 6.07) is 9.11. The fraction of sp³-hybridized carbons (Fsp3) is 0.389. The second-order valence-corrected chi connectivity index (χ2v) is 5.71. The molecule has 0 spiro atoms. The molecule has 3 rings (SSSR count). The van der Waals surface area contributed by atoms with Gasteiger partial charge in [0.25, 0.3) is 0 Å². The minimum absolute atomic E-state index is 0.0456. The molecule has 0 aliphatic carbocycles. The molecule has 1 fully saturated rings. The van der Waals surface area contributed by atoms with Gasteiger partial charge in [-0.1, -0.05) is 6.07 Å². The maximum atomic E-state index is 12.4. The van der Waals surface area contributed by atoms with E-state index in [9.17, 15) is 4.79 Å². The number of Topliss-reactive ketones (excluding diaryl/α,β-unsaturated/α-hetero) is 1. The van der Waals surface area contributed by atoms with Crippen molar-refractivity contribution in [1.82, 2.24) is 9.97 Å². The van der Waals surface area contributed by atoms with Gasteiger partial charge in [-0.2, -0.15) is 0 Å². The molecule has 0 saturated carbocycles. The van der Waals surface area contributed by atoms with E-state index in [0.717, 1.165) is 30.8 Å². The highest BCUT2D eigenvalue weighted by atomic mass is 16.5. The molecule has 0 amide bonds. The standard InChI is InChI=1S/C18H20N2O3/c1-13-9-16(23-15-6-4-8-22-12-15)11-17(20-13)18(21)10-14-5-2-3-7-19-14/h2-3,5,7,9,11,15H,4,6,8,10,12H2,1H3. The smallest absolute Gasteiger partial charge is 0.187 e. The summed E-state index contributed by atoms with van der Waals surface area (Å²) in [4.78, 5) is 20.9. The number of nitrogens with zero attached hydrogens (tertiary/aromatic N) is 2. The third-order valence-corrected chi connectivity index (χ3v) is 3.70. The van der Waals surface area contributed by atoms with E-state index in [1.807, 2.05) is 31.2 Å². The fourth-order valence-electron chi connectivity index (χ4n) is 2.60. The van der Waals surface area contributed by atoms with E-state index in [2.05, 4.69) is 9.97 Å². The predicted molar refractivity (Wildman–Crippen MR) is 85.7 cm³/mol. The number of carbonyl (C=O) groups excluding carboxylic acids is 1. The van der Waals surface area contributed by atoms with Crippen molar-refractivity contribution >= 4 is 5.78 Å². The number of aryl methyl sites for hydroxylation is 1. The first-order chi connectivity index (χ1) is 11.2. The highest BCUT2D eigenvalue weighted by molar-refractivity contribution is 5.95. The molecular weight excluding hydrogens is 292 g/mol. The Morgan fingerprint density at radius 2 is 2.30 bits per heavy atom. The van der Waals surface area contributed by atoms with E-state index in [4.69, 9.17) is 9.47 Å². The van der Waals surface area contributed by atoms with Gasteiger partial charge >= 0.3 is 0 Å². The molecule has 1 unspecified atom stereocenters. The summed E-state index contributed by atoms with van der Waals surface area (Å²) in [5.74, 6) is 0.620. The van der Waals surface area contributed by atoms with Crippen molar-refractivity contribution in [2.45, 2.75) is 32.3 Å². The molecule has 120 valence electrons. The van der Waals surface area contributed by atoms with Crippen LogP contribution in [-0.2, 0) is 11.2 Å². The summed E-state index contributed by atoms with van der Waals surface area (Å²) in [7, 11) is 0. The molecule has 2 aromatic rings. The lowest BCUT2D eigenvalue weighted by atomic mass is 10.1. The molecule has 0 aromatic carbocycles. The van der Waals surface area contributed by atoms with Gasteiger partial charge in [0, 0.05) is 36.3 Å². The Morgan fingerprint density at radius 1 is 1.39 bits per heavy atom. The molecule has 0 radical (unpaired) electrons. The molecule has 1 aliphatic heterocycles. The maximum absolute atomic E-state index is 12.4. The van der Waals surface area contributed by atoms with E-state index in [0.29, 0.717) is 18.1 Å². The number of aromatic nitrogens is 2. The highest BCUT2D eigenvalue weighted by Crippen LogP contribution is 2.20. The summed E-state index contributed by atoms with van der Waals surface area (Å²) in [6.07, 6.45) is 3.94. The van der Waals surface area contributed by atoms with Crippen LogP contribution in [0, 0.1) is 6.92 Å². The molecule has 0 bridgehead atoms. The maximum Gasteiger partial charge on any atom is 0.187 e. The fourth-order valence-corrected chi connectivity index (χ4v) is 2.60. The number of hydrogen-bond acceptors (Lipinski definition) is 5. The number of ether oxygens (including phenoxy) is 2. The Labute approximate surface area is 135 Å². The Morgan fingerprint density at radius 3 is 3.04 bits per heavy atom. The van der Waals surface area contributed by atoms with Crippen molar-refractivity contribution in [3.63, 3.8) is 0 Å². The van der Waals surface area contributed by atoms with Crippen LogP contribution < -0.4 is 4.74 Å². The second-order valence-electron chi connectivity index (χ2n) is 5.71. The monoisotopic (exact) mass is 312 g/mol. The van der Waals surface area contributed by atoms with Crippen LogP contribution in [-0.4, -0.2) is 35.1 Å². The van der Waals surface area contributed by atoms with Crippen molar-refractivity contribution in [2.24, 2.45) is 0 Å². The number of ketones is 1. The lowest BCUT2D eigenvalue weighted by Crippen LogP contribution is -2.28. The van der Waals surface area contributed by atoms with Crippen LogP contribution in [0.25, 0.3) is 0 Å². The molecule has 3 heterocycles. The number of hydrogen-bond donors (Lipinski definition) is 0. The average Bonchev–Trinajstić information content (AvgIpc) is 2.56. The summed E-state index contributed by atoms with van der Waals surface area (Å²) < 4.78 is 11.4. The first-order valence-corrected chi connectivity index (χ1v) is 7.87. The zero-order chi connectivity index (χ0) is 16.1. The lowest BCUT2D eigenvalue weighted by Gasteiger charge is -2.23. The first kappa shape index (κ1) is 15.6. The van der Waals surface area contributed by atoms with Gasteiger partial charge in [-0.15, -0.1) is 0 Å². The zero-order valence-corrected chi connectivity index (χ0v) is 13.2. The summed E-state index contributed by atoms with van der Waals surface area (Å²) in [5, 5.41) is 0. The Hall–Kier alpha value is -2.27. The summed E-state index contributed by atoms with van der Waals surface area (Å²) in [5.41, 5.74) is 1.93. The minimum atomic E-state index is -0.0582. The van der Waals surface area contributed by atoms with Gasteiger partial charge < -0.3 is 9.47 Å². The van der Waals surface area contributed by atoms with Gasteiger partial charge in [0.05, 0.1) is 13.0 Å². The third kappa shape index (κ3) is 4.36. The van der Waals surface area contributed by atoms with Crippen LogP contribution >= 0.6 is 0 Å². The molecule has 1 saturated heterocycles. The zero-order valence-electron chi connectivity index (χ0n) is 13.2. The van der Waals surface area contributed by atoms with E-state index in [1.165, 1.54) is 0 Å². The summed E-state index contributed by atoms with van der Waals surface area (Å²) in [6.45, 7) is 3.25. The van der Waals surface area contributed by atoms with Gasteiger partial charge in [-0.25, -0.2) is 4.98 Å². The number of rotatable bonds is 5. The van der Waals surface area contributed by atoms with Crippen LogP contribution in [0.2, 0.25) is 0 Å². The quantitative estimate of drug-likeness (QED) is 0.795. The molecule has 2 aromatic heterocycles. The average molecular weight is 312 g/mol. The molecule has 23 heavy (non-hydrogen) atoms. The molecule has 5 nitrogen and oxygen atoms in total. The Balaban J connectivity index is 1.72. The van der Waals surface area contributed by atoms with Crippen LogP contribution in [0.15, 0.2) is 36.5 Å². The Bertz CT molecular complexity index is 667. The van der Waals surface area contributed by atoms with Gasteiger partial charge in [0.15, 0.2) is 5.78 Å². The predicted octanol–water partition coefficient (Wildman–Crippen LogP) is 2.77. The van der Waals surface area contributed by atoms with Crippen molar-refractivity contribution in [1.29, 1.82) is 0 Å². The minimum Gasteiger partial charge on any atom is -0.488 e. The topological polar surface area (TPSA) is 61.3 Å². The lowest BCUT2D eigenvalue weighted by molar-refractivity contribution is 0.00734. The molecule has 1 atom stereocenters. The van der Waals surface area contributed by atoms with Crippen molar-refractivity contribution in [3.8, 4) is 5.75 Å². The highest BCUT2D eigenvalue weighted by Gasteiger charge is 2.17. The van der Waals surface area contributed by atoms with E-state index < -0.39 is 0 Å². The molecule has 0 N–H and O–H groups in total.